The number of rotatable bonds is 3. The molecular formula is C10H16NO6P. The summed E-state index contributed by atoms with van der Waals surface area (Å²) in [6.45, 7) is 0. The van der Waals surface area contributed by atoms with Crippen LogP contribution in [0.5, 0.6) is 0 Å². The molecule has 0 aliphatic rings. The van der Waals surface area contributed by atoms with E-state index < -0.39 is 13.9 Å². The number of carbonyl (C=O) groups is 1. The summed E-state index contributed by atoms with van der Waals surface area (Å²) in [6.07, 6.45) is 0.521. The SMILES string of the molecule is COC(=O)C(N)Cc1ccccc1.O=P(O)(O)O. The monoisotopic (exact) mass is 277 g/mol. The lowest BCUT2D eigenvalue weighted by Gasteiger charge is -2.08. The van der Waals surface area contributed by atoms with E-state index in [1.54, 1.807) is 0 Å². The highest BCUT2D eigenvalue weighted by Crippen LogP contribution is 2.25. The maximum Gasteiger partial charge on any atom is 0.466 e. The Balaban J connectivity index is 0.000000494. The van der Waals surface area contributed by atoms with Gasteiger partial charge in [-0.2, -0.15) is 0 Å². The van der Waals surface area contributed by atoms with Gasteiger partial charge in [-0.25, -0.2) is 4.57 Å². The number of methoxy groups -OCH3 is 1. The van der Waals surface area contributed by atoms with Gasteiger partial charge in [0.15, 0.2) is 0 Å². The highest BCUT2D eigenvalue weighted by molar-refractivity contribution is 7.45. The van der Waals surface area contributed by atoms with Crippen molar-refractivity contribution in [3.05, 3.63) is 35.9 Å². The van der Waals surface area contributed by atoms with Gasteiger partial charge in [0, 0.05) is 0 Å². The van der Waals surface area contributed by atoms with Crippen molar-refractivity contribution in [2.75, 3.05) is 7.11 Å². The molecule has 0 heterocycles. The Morgan fingerprint density at radius 2 is 1.78 bits per heavy atom. The molecule has 0 saturated carbocycles. The second-order valence-corrected chi connectivity index (χ2v) is 4.36. The minimum Gasteiger partial charge on any atom is -0.468 e. The van der Waals surface area contributed by atoms with Crippen molar-refractivity contribution in [1.29, 1.82) is 0 Å². The van der Waals surface area contributed by atoms with Crippen LogP contribution in [0.25, 0.3) is 0 Å². The smallest absolute Gasteiger partial charge is 0.466 e. The first-order chi connectivity index (χ1) is 8.24. The lowest BCUT2D eigenvalue weighted by Crippen LogP contribution is -2.33. The Bertz CT molecular complexity index is 396. The average molecular weight is 277 g/mol. The third-order valence-electron chi connectivity index (χ3n) is 1.80. The second kappa shape index (κ2) is 7.97. The third kappa shape index (κ3) is 9.95. The zero-order chi connectivity index (χ0) is 14.2. The molecule has 102 valence electrons. The summed E-state index contributed by atoms with van der Waals surface area (Å²) in [5, 5.41) is 0. The minimum absolute atomic E-state index is 0.371. The van der Waals surface area contributed by atoms with Crippen molar-refractivity contribution < 1.29 is 28.8 Å². The van der Waals surface area contributed by atoms with Crippen molar-refractivity contribution in [3.8, 4) is 0 Å². The van der Waals surface area contributed by atoms with Crippen LogP contribution in [0, 0.1) is 0 Å². The standard InChI is InChI=1S/C10H13NO2.H3O4P/c1-13-10(12)9(11)7-8-5-3-2-4-6-8;1-5(2,3)4/h2-6,9H,7,11H2,1H3;(H3,1,2,3,4). The molecule has 0 radical (unpaired) electrons. The molecule has 1 atom stereocenters. The van der Waals surface area contributed by atoms with Gasteiger partial charge in [0.1, 0.15) is 6.04 Å². The van der Waals surface area contributed by atoms with E-state index in [-0.39, 0.29) is 5.97 Å². The number of ether oxygens (including phenoxy) is 1. The number of esters is 1. The van der Waals surface area contributed by atoms with Crippen LogP contribution in [-0.4, -0.2) is 33.8 Å². The van der Waals surface area contributed by atoms with Crippen molar-refractivity contribution in [1.82, 2.24) is 0 Å². The summed E-state index contributed by atoms with van der Waals surface area (Å²) in [4.78, 5) is 32.5. The molecule has 0 aliphatic carbocycles. The first-order valence-electron chi connectivity index (χ1n) is 4.89. The van der Waals surface area contributed by atoms with Gasteiger partial charge in [0.05, 0.1) is 7.11 Å². The number of phosphoric acid groups is 1. The van der Waals surface area contributed by atoms with Crippen LogP contribution in [0.2, 0.25) is 0 Å². The maximum absolute atomic E-state index is 11.0. The van der Waals surface area contributed by atoms with E-state index in [2.05, 4.69) is 4.74 Å². The highest BCUT2D eigenvalue weighted by Gasteiger charge is 2.13. The van der Waals surface area contributed by atoms with E-state index in [1.165, 1.54) is 7.11 Å². The zero-order valence-corrected chi connectivity index (χ0v) is 10.7. The number of nitrogens with two attached hydrogens (primary N) is 1. The van der Waals surface area contributed by atoms with Crippen LogP contribution in [-0.2, 0) is 20.5 Å². The van der Waals surface area contributed by atoms with E-state index in [4.69, 9.17) is 25.0 Å². The summed E-state index contributed by atoms with van der Waals surface area (Å²) in [7, 11) is -3.30. The van der Waals surface area contributed by atoms with E-state index in [0.717, 1.165) is 5.56 Å². The van der Waals surface area contributed by atoms with Crippen LogP contribution in [0.15, 0.2) is 30.3 Å². The van der Waals surface area contributed by atoms with E-state index >= 15 is 0 Å². The quantitative estimate of drug-likeness (QED) is 0.444. The highest BCUT2D eigenvalue weighted by atomic mass is 31.2. The Labute approximate surface area is 104 Å². The molecule has 1 unspecified atom stereocenters. The van der Waals surface area contributed by atoms with E-state index in [0.29, 0.717) is 6.42 Å². The maximum atomic E-state index is 11.0. The predicted molar refractivity (Wildman–Crippen MR) is 64.4 cm³/mol. The first-order valence-corrected chi connectivity index (χ1v) is 6.46. The van der Waals surface area contributed by atoms with Crippen LogP contribution in [0.4, 0.5) is 0 Å². The predicted octanol–water partition coefficient (Wildman–Crippen LogP) is -0.199. The van der Waals surface area contributed by atoms with Crippen molar-refractivity contribution in [3.63, 3.8) is 0 Å². The molecule has 0 aliphatic heterocycles. The fraction of sp³-hybridized carbons (Fsp3) is 0.300. The van der Waals surface area contributed by atoms with E-state index in [1.807, 2.05) is 30.3 Å². The van der Waals surface area contributed by atoms with Gasteiger partial charge in [-0.1, -0.05) is 30.3 Å². The molecule has 5 N–H and O–H groups in total. The van der Waals surface area contributed by atoms with Crippen LogP contribution < -0.4 is 5.73 Å². The Kier molecular flexibility index (Phi) is 7.42. The molecule has 0 aromatic heterocycles. The van der Waals surface area contributed by atoms with Crippen LogP contribution in [0.3, 0.4) is 0 Å². The normalized spacial score (nSPS) is 12.1. The van der Waals surface area contributed by atoms with Gasteiger partial charge in [-0.3, -0.25) is 4.79 Å². The van der Waals surface area contributed by atoms with Crippen LogP contribution >= 0.6 is 7.82 Å². The molecule has 8 heteroatoms. The molecule has 1 rings (SSSR count). The van der Waals surface area contributed by atoms with Crippen LogP contribution in [0.1, 0.15) is 5.56 Å². The third-order valence-corrected chi connectivity index (χ3v) is 1.80. The molecule has 7 nitrogen and oxygen atoms in total. The van der Waals surface area contributed by atoms with Gasteiger partial charge in [-0.15, -0.1) is 0 Å². The second-order valence-electron chi connectivity index (χ2n) is 3.33. The van der Waals surface area contributed by atoms with Crippen molar-refractivity contribution in [2.24, 2.45) is 5.73 Å². The number of hydrogen-bond donors (Lipinski definition) is 4. The molecule has 0 fully saturated rings. The molecule has 1 aromatic rings. The lowest BCUT2D eigenvalue weighted by atomic mass is 10.1. The molecule has 0 bridgehead atoms. The molecule has 1 aromatic carbocycles. The molecule has 0 saturated heterocycles. The molecule has 0 spiro atoms. The summed E-state index contributed by atoms with van der Waals surface area (Å²) in [6, 6.07) is 9.06. The zero-order valence-electron chi connectivity index (χ0n) is 9.76. The minimum atomic E-state index is -4.64. The summed E-state index contributed by atoms with van der Waals surface area (Å²) >= 11 is 0. The topological polar surface area (TPSA) is 130 Å². The van der Waals surface area contributed by atoms with Gasteiger partial charge in [0.25, 0.3) is 0 Å². The first kappa shape index (κ1) is 16.8. The van der Waals surface area contributed by atoms with Gasteiger partial charge in [-0.05, 0) is 12.0 Å². The Morgan fingerprint density at radius 1 is 1.33 bits per heavy atom. The number of benzene rings is 1. The largest absolute Gasteiger partial charge is 0.468 e. The van der Waals surface area contributed by atoms with Crippen molar-refractivity contribution in [2.45, 2.75) is 12.5 Å². The fourth-order valence-corrected chi connectivity index (χ4v) is 1.10. The Morgan fingerprint density at radius 3 is 2.17 bits per heavy atom. The molecule has 0 amide bonds. The summed E-state index contributed by atoms with van der Waals surface area (Å²) < 4.78 is 13.4. The van der Waals surface area contributed by atoms with Gasteiger partial charge < -0.3 is 25.2 Å². The van der Waals surface area contributed by atoms with Gasteiger partial charge in [0.2, 0.25) is 0 Å². The van der Waals surface area contributed by atoms with E-state index in [9.17, 15) is 4.79 Å². The van der Waals surface area contributed by atoms with Crippen molar-refractivity contribution >= 4 is 13.8 Å². The summed E-state index contributed by atoms with van der Waals surface area (Å²) in [5.74, 6) is -0.371. The fourth-order valence-electron chi connectivity index (χ4n) is 1.10. The molecule has 18 heavy (non-hydrogen) atoms. The molecular weight excluding hydrogens is 261 g/mol. The summed E-state index contributed by atoms with van der Waals surface area (Å²) in [5.41, 5.74) is 6.63. The number of hydrogen-bond acceptors (Lipinski definition) is 4. The Hall–Kier alpha value is -1.24. The lowest BCUT2D eigenvalue weighted by molar-refractivity contribution is -0.142. The van der Waals surface area contributed by atoms with Gasteiger partial charge >= 0.3 is 13.8 Å². The number of carbonyl (C=O) groups excluding carboxylic acids is 1. The average Bonchev–Trinajstić information content (AvgIpc) is 2.27.